The lowest BCUT2D eigenvalue weighted by Crippen LogP contribution is -2.61. The van der Waals surface area contributed by atoms with Crippen LogP contribution in [0.3, 0.4) is 0 Å². The van der Waals surface area contributed by atoms with Gasteiger partial charge in [-0.1, -0.05) is 324 Å². The number of aromatic nitrogens is 2. The molecule has 0 unspecified atom stereocenters. The molecule has 19 rings (SSSR count). The molecule has 2 aliphatic heterocycles. The lowest BCUT2D eigenvalue weighted by Gasteiger charge is -2.46. The van der Waals surface area contributed by atoms with Crippen LogP contribution in [0.15, 0.2) is 352 Å². The van der Waals surface area contributed by atoms with Crippen molar-refractivity contribution in [3.05, 3.63) is 357 Å². The monoisotopic (exact) mass is 1260 g/mol. The molecule has 0 spiro atoms. The van der Waals surface area contributed by atoms with Crippen molar-refractivity contribution in [3.63, 3.8) is 0 Å². The summed E-state index contributed by atoms with van der Waals surface area (Å²) in [5, 5.41) is 4.82. The SMILES string of the molecule is CC(C)(C)c1cc2c3c(c1)N(c1c(-c4ccccc4)cccc1-c1ccccc1)c1c(ccc4c1c1ccccc1n4-c1c(-c4ccccc4)cccc1-c1ccccc1)B3c1ccc(-n3c4ccccc4c4ccccc43)cc1N2c1c(-c2ccccc2)cccc1-c1ccccc1. The Hall–Kier alpha value is -12.4. The smallest absolute Gasteiger partial charge is 0.252 e. The van der Waals surface area contributed by atoms with Gasteiger partial charge in [-0.15, -0.1) is 0 Å². The van der Waals surface area contributed by atoms with E-state index in [9.17, 15) is 0 Å². The zero-order valence-corrected chi connectivity index (χ0v) is 55.4. The molecule has 0 N–H and O–H groups in total. The fraction of sp³-hybridized carbons (Fsp3) is 0.0426. The summed E-state index contributed by atoms with van der Waals surface area (Å²) in [6.45, 7) is 6.91. The van der Waals surface area contributed by atoms with E-state index in [0.29, 0.717) is 0 Å². The number of para-hydroxylation sites is 6. The van der Waals surface area contributed by atoms with Crippen LogP contribution in [0.2, 0.25) is 0 Å². The van der Waals surface area contributed by atoms with Crippen LogP contribution in [0, 0.1) is 0 Å². The molecule has 0 atom stereocenters. The van der Waals surface area contributed by atoms with Crippen LogP contribution in [-0.4, -0.2) is 15.8 Å². The van der Waals surface area contributed by atoms with Crippen LogP contribution in [0.4, 0.5) is 34.1 Å². The third-order valence-electron chi connectivity index (χ3n) is 20.8. The minimum atomic E-state index is -0.330. The molecule has 17 aromatic rings. The molecule has 0 saturated carbocycles. The average Bonchev–Trinajstić information content (AvgIpc) is 1.67. The fourth-order valence-electron chi connectivity index (χ4n) is 16.5. The molecule has 0 saturated heterocycles. The molecule has 2 aromatic heterocycles. The average molecular weight is 1260 g/mol. The van der Waals surface area contributed by atoms with Crippen molar-refractivity contribution in [2.24, 2.45) is 0 Å². The maximum Gasteiger partial charge on any atom is 0.252 e. The predicted molar refractivity (Wildman–Crippen MR) is 420 cm³/mol. The molecular formula is C94H67BN4. The number of fused-ring (bicyclic) bond motifs is 11. The van der Waals surface area contributed by atoms with Gasteiger partial charge in [-0.2, -0.15) is 0 Å². The standard InChI is InChI=1S/C94H67BN4/c1-94(2,3)68-59-86-89-87(60-68)99(92-74(66-39-18-8-19-40-66)50-30-51-75(92)67-41-20-9-21-42-67)93-80(57-58-84-88(93)78-45-24-27-54-83(78)97(84)90-70(62-31-10-4-11-32-62)46-28-47-71(90)63-33-12-5-13-34-63)95(89)79-56-55-69(96-81-52-25-22-43-76(81)77-44-23-26-53-82(77)96)61-85(79)98(86)91-72(64-35-14-6-15-36-64)48-29-49-73(91)65-37-16-7-17-38-65/h4-61H,1-3H3. The number of rotatable bonds is 10. The van der Waals surface area contributed by atoms with Crippen molar-refractivity contribution in [1.29, 1.82) is 0 Å². The Morgan fingerprint density at radius 3 is 1.03 bits per heavy atom. The number of hydrogen-bond donors (Lipinski definition) is 0. The van der Waals surface area contributed by atoms with Crippen LogP contribution < -0.4 is 26.2 Å². The third-order valence-corrected chi connectivity index (χ3v) is 20.8. The Bertz CT molecular complexity index is 5780. The largest absolute Gasteiger partial charge is 0.310 e. The van der Waals surface area contributed by atoms with Crippen LogP contribution in [-0.2, 0) is 5.41 Å². The number of hydrogen-bond acceptors (Lipinski definition) is 2. The summed E-state index contributed by atoms with van der Waals surface area (Å²) < 4.78 is 5.09. The van der Waals surface area contributed by atoms with Crippen molar-refractivity contribution in [3.8, 4) is 78.1 Å². The Balaban J connectivity index is 1.01. The molecule has 0 aliphatic carbocycles. The van der Waals surface area contributed by atoms with Crippen molar-refractivity contribution >= 4 is 101 Å². The second kappa shape index (κ2) is 23.2. The van der Waals surface area contributed by atoms with Crippen LogP contribution >= 0.6 is 0 Å². The minimum Gasteiger partial charge on any atom is -0.310 e. The minimum absolute atomic E-state index is 0.259. The highest BCUT2D eigenvalue weighted by molar-refractivity contribution is 7.00. The Morgan fingerprint density at radius 2 is 0.606 bits per heavy atom. The van der Waals surface area contributed by atoms with Crippen LogP contribution in [0.5, 0.6) is 0 Å². The van der Waals surface area contributed by atoms with E-state index < -0.39 is 0 Å². The van der Waals surface area contributed by atoms with E-state index in [1.807, 2.05) is 0 Å². The molecule has 4 nitrogen and oxygen atoms in total. The first-order valence-electron chi connectivity index (χ1n) is 34.5. The molecule has 2 aliphatic rings. The van der Waals surface area contributed by atoms with Crippen molar-refractivity contribution < 1.29 is 0 Å². The first-order chi connectivity index (χ1) is 48.8. The first-order valence-corrected chi connectivity index (χ1v) is 34.5. The molecule has 466 valence electrons. The van der Waals surface area contributed by atoms with E-state index in [2.05, 4.69) is 392 Å². The summed E-state index contributed by atoms with van der Waals surface area (Å²) in [5.41, 5.74) is 32.0. The number of benzene rings is 15. The van der Waals surface area contributed by atoms with Gasteiger partial charge in [0.15, 0.2) is 0 Å². The highest BCUT2D eigenvalue weighted by atomic mass is 15.2. The highest BCUT2D eigenvalue weighted by Crippen LogP contribution is 2.56. The van der Waals surface area contributed by atoms with Crippen LogP contribution in [0.1, 0.15) is 26.3 Å². The van der Waals surface area contributed by atoms with Crippen molar-refractivity contribution in [2.45, 2.75) is 26.2 Å². The molecule has 99 heavy (non-hydrogen) atoms. The highest BCUT2D eigenvalue weighted by Gasteiger charge is 2.47. The van der Waals surface area contributed by atoms with Gasteiger partial charge in [-0.05, 0) is 109 Å². The Morgan fingerprint density at radius 1 is 0.253 bits per heavy atom. The number of nitrogens with zero attached hydrogens (tertiary/aromatic N) is 4. The molecule has 0 fully saturated rings. The van der Waals surface area contributed by atoms with Gasteiger partial charge in [0.1, 0.15) is 0 Å². The van der Waals surface area contributed by atoms with E-state index in [1.54, 1.807) is 0 Å². The fourth-order valence-corrected chi connectivity index (χ4v) is 16.5. The summed E-state index contributed by atoms with van der Waals surface area (Å²) in [7, 11) is 0. The van der Waals surface area contributed by atoms with Gasteiger partial charge in [-0.3, -0.25) is 0 Å². The predicted octanol–water partition coefficient (Wildman–Crippen LogP) is 23.3. The zero-order valence-electron chi connectivity index (χ0n) is 55.4. The maximum absolute atomic E-state index is 2.75. The van der Waals surface area contributed by atoms with E-state index in [0.717, 1.165) is 123 Å². The normalized spacial score (nSPS) is 12.5. The molecule has 15 aromatic carbocycles. The second-order valence-electron chi connectivity index (χ2n) is 27.4. The van der Waals surface area contributed by atoms with Crippen molar-refractivity contribution in [2.75, 3.05) is 9.80 Å². The van der Waals surface area contributed by atoms with Gasteiger partial charge < -0.3 is 18.9 Å². The quantitative estimate of drug-likeness (QED) is 0.127. The van der Waals surface area contributed by atoms with Gasteiger partial charge in [0.25, 0.3) is 6.71 Å². The molecule has 0 amide bonds. The molecule has 5 heteroatoms. The van der Waals surface area contributed by atoms with E-state index in [1.165, 1.54) is 54.5 Å². The van der Waals surface area contributed by atoms with Gasteiger partial charge in [0, 0.05) is 77.7 Å². The molecule has 0 radical (unpaired) electrons. The lowest BCUT2D eigenvalue weighted by atomic mass is 9.33. The lowest BCUT2D eigenvalue weighted by molar-refractivity contribution is 0.590. The molecular weight excluding hydrogens is 1200 g/mol. The molecule has 0 bridgehead atoms. The Labute approximate surface area is 577 Å². The van der Waals surface area contributed by atoms with E-state index >= 15 is 0 Å². The Kier molecular flexibility index (Phi) is 13.6. The van der Waals surface area contributed by atoms with E-state index in [4.69, 9.17) is 0 Å². The number of anilines is 6. The molecule has 4 heterocycles. The maximum atomic E-state index is 2.75. The summed E-state index contributed by atoms with van der Waals surface area (Å²) >= 11 is 0. The van der Waals surface area contributed by atoms with Gasteiger partial charge in [-0.25, -0.2) is 0 Å². The first kappa shape index (κ1) is 58.0. The summed E-state index contributed by atoms with van der Waals surface area (Å²) in [6.07, 6.45) is 0. The topological polar surface area (TPSA) is 16.3 Å². The summed E-state index contributed by atoms with van der Waals surface area (Å²) in [6, 6.07) is 132. The van der Waals surface area contributed by atoms with Crippen LogP contribution in [0.25, 0.3) is 122 Å². The van der Waals surface area contributed by atoms with Crippen molar-refractivity contribution in [1.82, 2.24) is 9.13 Å². The second-order valence-corrected chi connectivity index (χ2v) is 27.4. The zero-order chi connectivity index (χ0) is 65.9. The summed E-state index contributed by atoms with van der Waals surface area (Å²) in [5.74, 6) is 0. The van der Waals surface area contributed by atoms with E-state index in [-0.39, 0.29) is 12.1 Å². The van der Waals surface area contributed by atoms with Gasteiger partial charge >= 0.3 is 0 Å². The summed E-state index contributed by atoms with van der Waals surface area (Å²) in [4.78, 5) is 5.45. The third kappa shape index (κ3) is 9.22. The van der Waals surface area contributed by atoms with Gasteiger partial charge in [0.2, 0.25) is 0 Å². The van der Waals surface area contributed by atoms with Gasteiger partial charge in [0.05, 0.1) is 44.8 Å².